The maximum atomic E-state index is 12.8. The van der Waals surface area contributed by atoms with Gasteiger partial charge in [-0.3, -0.25) is 9.59 Å². The molecule has 6 heteroatoms. The molecule has 1 N–H and O–H groups in total. The Hall–Kier alpha value is -2.53. The molecule has 2 amide bonds. The molecule has 0 atom stereocenters. The number of hydrogen-bond acceptors (Lipinski definition) is 3. The van der Waals surface area contributed by atoms with Crippen LogP contribution in [-0.4, -0.2) is 36.9 Å². The van der Waals surface area contributed by atoms with Gasteiger partial charge in [-0.1, -0.05) is 44.5 Å². The number of anilines is 1. The normalized spacial score (nSPS) is 15.0. The van der Waals surface area contributed by atoms with E-state index in [1.54, 1.807) is 25.3 Å². The molecule has 30 heavy (non-hydrogen) atoms. The summed E-state index contributed by atoms with van der Waals surface area (Å²) in [5.74, 6) is 0.364. The number of hydrogen-bond donors (Lipinski definition) is 1. The second-order valence-corrected chi connectivity index (χ2v) is 9.16. The SMILES string of the molecule is COc1ccc(Cl)cc1NC(=O)C1CCN(C(=O)c2ccc(C(C)(C)C)cc2)CC1. The molecule has 0 aliphatic carbocycles. The first kappa shape index (κ1) is 22.2. The Morgan fingerprint density at radius 3 is 2.27 bits per heavy atom. The lowest BCUT2D eigenvalue weighted by Crippen LogP contribution is -2.41. The zero-order chi connectivity index (χ0) is 21.9. The van der Waals surface area contributed by atoms with Crippen LogP contribution in [0.4, 0.5) is 5.69 Å². The van der Waals surface area contributed by atoms with E-state index in [1.807, 2.05) is 29.2 Å². The van der Waals surface area contributed by atoms with E-state index in [1.165, 1.54) is 5.56 Å². The average molecular weight is 429 g/mol. The standard InChI is InChI=1S/C24H29ClN2O3/c1-24(2,3)18-7-5-17(6-8-18)23(29)27-13-11-16(12-14-27)22(28)26-20-15-19(25)9-10-21(20)30-4/h5-10,15-16H,11-14H2,1-4H3,(H,26,28). The van der Waals surface area contributed by atoms with Gasteiger partial charge in [0.15, 0.2) is 0 Å². The lowest BCUT2D eigenvalue weighted by Gasteiger charge is -2.31. The Morgan fingerprint density at radius 1 is 1.07 bits per heavy atom. The van der Waals surface area contributed by atoms with Gasteiger partial charge in [-0.2, -0.15) is 0 Å². The smallest absolute Gasteiger partial charge is 0.253 e. The fraction of sp³-hybridized carbons (Fsp3) is 0.417. The highest BCUT2D eigenvalue weighted by Gasteiger charge is 2.28. The molecule has 1 aliphatic rings. The molecule has 2 aromatic rings. The van der Waals surface area contributed by atoms with Crippen molar-refractivity contribution in [3.05, 3.63) is 58.6 Å². The molecule has 0 unspecified atom stereocenters. The maximum absolute atomic E-state index is 12.8. The Bertz CT molecular complexity index is 911. The van der Waals surface area contributed by atoms with Crippen LogP contribution in [0.5, 0.6) is 5.75 Å². The van der Waals surface area contributed by atoms with Gasteiger partial charge in [0.2, 0.25) is 5.91 Å². The fourth-order valence-electron chi connectivity index (χ4n) is 3.65. The molecule has 0 aromatic heterocycles. The zero-order valence-electron chi connectivity index (χ0n) is 18.0. The molecule has 0 bridgehead atoms. The van der Waals surface area contributed by atoms with Crippen molar-refractivity contribution >= 4 is 29.1 Å². The Kier molecular flexibility index (Phi) is 6.71. The number of methoxy groups -OCH3 is 1. The van der Waals surface area contributed by atoms with Gasteiger partial charge in [0.05, 0.1) is 12.8 Å². The number of halogens is 1. The van der Waals surface area contributed by atoms with Gasteiger partial charge in [0.25, 0.3) is 5.91 Å². The third-order valence-corrected chi connectivity index (χ3v) is 5.81. The summed E-state index contributed by atoms with van der Waals surface area (Å²) in [4.78, 5) is 27.4. The molecular formula is C24H29ClN2O3. The highest BCUT2D eigenvalue weighted by Crippen LogP contribution is 2.29. The van der Waals surface area contributed by atoms with E-state index >= 15 is 0 Å². The predicted molar refractivity (Wildman–Crippen MR) is 120 cm³/mol. The van der Waals surface area contributed by atoms with Crippen molar-refractivity contribution in [2.45, 2.75) is 39.0 Å². The quantitative estimate of drug-likeness (QED) is 0.733. The Balaban J connectivity index is 1.58. The number of benzene rings is 2. The molecule has 0 saturated carbocycles. The summed E-state index contributed by atoms with van der Waals surface area (Å²) in [7, 11) is 1.55. The van der Waals surface area contributed by atoms with Crippen LogP contribution in [0.25, 0.3) is 0 Å². The van der Waals surface area contributed by atoms with Crippen LogP contribution in [0.2, 0.25) is 5.02 Å². The molecule has 1 fully saturated rings. The number of piperidine rings is 1. The van der Waals surface area contributed by atoms with E-state index in [0.29, 0.717) is 48.0 Å². The van der Waals surface area contributed by atoms with Crippen LogP contribution in [-0.2, 0) is 10.2 Å². The third-order valence-electron chi connectivity index (χ3n) is 5.57. The minimum atomic E-state index is -0.152. The van der Waals surface area contributed by atoms with E-state index in [2.05, 4.69) is 26.1 Å². The number of nitrogens with one attached hydrogen (secondary N) is 1. The number of carbonyl (C=O) groups excluding carboxylic acids is 2. The van der Waals surface area contributed by atoms with Crippen LogP contribution in [0.1, 0.15) is 49.5 Å². The summed E-state index contributed by atoms with van der Waals surface area (Å²) in [6, 6.07) is 13.0. The molecule has 1 aliphatic heterocycles. The minimum Gasteiger partial charge on any atom is -0.495 e. The van der Waals surface area contributed by atoms with Gasteiger partial charge in [-0.25, -0.2) is 0 Å². The second-order valence-electron chi connectivity index (χ2n) is 8.73. The van der Waals surface area contributed by atoms with E-state index in [4.69, 9.17) is 16.3 Å². The monoisotopic (exact) mass is 428 g/mol. The first-order valence-electron chi connectivity index (χ1n) is 10.2. The van der Waals surface area contributed by atoms with Crippen molar-refractivity contribution in [1.82, 2.24) is 4.90 Å². The molecule has 1 heterocycles. The summed E-state index contributed by atoms with van der Waals surface area (Å²) < 4.78 is 5.29. The van der Waals surface area contributed by atoms with Crippen LogP contribution in [0.15, 0.2) is 42.5 Å². The zero-order valence-corrected chi connectivity index (χ0v) is 18.8. The van der Waals surface area contributed by atoms with E-state index in [-0.39, 0.29) is 23.1 Å². The van der Waals surface area contributed by atoms with Crippen molar-refractivity contribution in [2.24, 2.45) is 5.92 Å². The molecule has 0 spiro atoms. The Morgan fingerprint density at radius 2 is 1.70 bits per heavy atom. The van der Waals surface area contributed by atoms with Crippen molar-refractivity contribution in [2.75, 3.05) is 25.5 Å². The number of amides is 2. The maximum Gasteiger partial charge on any atom is 0.253 e. The first-order chi connectivity index (χ1) is 14.2. The van der Waals surface area contributed by atoms with Crippen LogP contribution >= 0.6 is 11.6 Å². The number of ether oxygens (including phenoxy) is 1. The molecule has 0 radical (unpaired) electrons. The molecule has 160 valence electrons. The molecule has 3 rings (SSSR count). The largest absolute Gasteiger partial charge is 0.495 e. The summed E-state index contributed by atoms with van der Waals surface area (Å²) >= 11 is 6.04. The summed E-state index contributed by atoms with van der Waals surface area (Å²) in [5.41, 5.74) is 2.51. The van der Waals surface area contributed by atoms with Gasteiger partial charge < -0.3 is 15.0 Å². The van der Waals surface area contributed by atoms with E-state index < -0.39 is 0 Å². The molecular weight excluding hydrogens is 400 g/mol. The summed E-state index contributed by atoms with van der Waals surface area (Å²) in [5, 5.41) is 3.45. The average Bonchev–Trinajstić information content (AvgIpc) is 2.73. The van der Waals surface area contributed by atoms with Crippen molar-refractivity contribution in [1.29, 1.82) is 0 Å². The van der Waals surface area contributed by atoms with Crippen molar-refractivity contribution < 1.29 is 14.3 Å². The van der Waals surface area contributed by atoms with Crippen molar-refractivity contribution in [3.63, 3.8) is 0 Å². The minimum absolute atomic E-state index is 0.0193. The lowest BCUT2D eigenvalue weighted by molar-refractivity contribution is -0.121. The molecule has 1 saturated heterocycles. The topological polar surface area (TPSA) is 58.6 Å². The van der Waals surface area contributed by atoms with Gasteiger partial charge >= 0.3 is 0 Å². The number of nitrogens with zero attached hydrogens (tertiary/aromatic N) is 1. The van der Waals surface area contributed by atoms with Gasteiger partial charge in [-0.15, -0.1) is 0 Å². The predicted octanol–water partition coefficient (Wildman–Crippen LogP) is 5.14. The fourth-order valence-corrected chi connectivity index (χ4v) is 3.82. The van der Waals surface area contributed by atoms with Crippen LogP contribution in [0.3, 0.4) is 0 Å². The van der Waals surface area contributed by atoms with Gasteiger partial charge in [0, 0.05) is 29.6 Å². The van der Waals surface area contributed by atoms with Crippen LogP contribution < -0.4 is 10.1 Å². The highest BCUT2D eigenvalue weighted by molar-refractivity contribution is 6.31. The molecule has 5 nitrogen and oxygen atoms in total. The Labute approximate surface area is 183 Å². The lowest BCUT2D eigenvalue weighted by atomic mass is 9.86. The second kappa shape index (κ2) is 9.09. The van der Waals surface area contributed by atoms with Gasteiger partial charge in [-0.05, 0) is 54.2 Å². The number of likely N-dealkylation sites (tertiary alicyclic amines) is 1. The van der Waals surface area contributed by atoms with Crippen molar-refractivity contribution in [3.8, 4) is 5.75 Å². The summed E-state index contributed by atoms with van der Waals surface area (Å²) in [6.07, 6.45) is 1.25. The first-order valence-corrected chi connectivity index (χ1v) is 10.6. The molecule has 2 aromatic carbocycles. The number of rotatable bonds is 4. The van der Waals surface area contributed by atoms with Gasteiger partial charge in [0.1, 0.15) is 5.75 Å². The van der Waals surface area contributed by atoms with Crippen LogP contribution in [0, 0.1) is 5.92 Å². The highest BCUT2D eigenvalue weighted by atomic mass is 35.5. The number of carbonyl (C=O) groups is 2. The van der Waals surface area contributed by atoms with E-state index in [9.17, 15) is 9.59 Å². The van der Waals surface area contributed by atoms with E-state index in [0.717, 1.165) is 0 Å². The third kappa shape index (κ3) is 5.14. The summed E-state index contributed by atoms with van der Waals surface area (Å²) in [6.45, 7) is 7.57.